The average molecular weight is 336 g/mol. The van der Waals surface area contributed by atoms with E-state index >= 15 is 0 Å². The van der Waals surface area contributed by atoms with Gasteiger partial charge >= 0.3 is 22.2 Å². The predicted octanol–water partition coefficient (Wildman–Crippen LogP) is 1.15. The maximum Gasteiger partial charge on any atom is 0.423 e. The first-order chi connectivity index (χ1) is 11.3. The molecule has 1 aliphatic rings. The van der Waals surface area contributed by atoms with Gasteiger partial charge in [-0.2, -0.15) is 0 Å². The Morgan fingerprint density at radius 2 is 1.50 bits per heavy atom. The molecule has 1 aliphatic carbocycles. The number of allylic oxidation sites excluding steroid dienone is 2. The van der Waals surface area contributed by atoms with E-state index in [0.717, 1.165) is 0 Å². The Labute approximate surface area is 127 Å². The maximum absolute atomic E-state index is 11.1. The summed E-state index contributed by atoms with van der Waals surface area (Å²) in [4.78, 5) is 31.0. The van der Waals surface area contributed by atoms with E-state index < -0.39 is 49.0 Å². The molecule has 0 amide bonds. The Morgan fingerprint density at radius 3 is 1.88 bits per heavy atom. The van der Waals surface area contributed by atoms with Crippen LogP contribution in [0.1, 0.15) is 0 Å². The fourth-order valence-electron chi connectivity index (χ4n) is 1.61. The molecule has 1 rings (SSSR count). The molecule has 0 atom stereocenters. The highest BCUT2D eigenvalue weighted by Crippen LogP contribution is 2.30. The molecule has 0 radical (unpaired) electrons. The van der Waals surface area contributed by atoms with Crippen LogP contribution in [0.3, 0.4) is 0 Å². The molecule has 24 heavy (non-hydrogen) atoms. The highest BCUT2D eigenvalue weighted by atomic mass is 16.6. The third-order valence-corrected chi connectivity index (χ3v) is 2.33. The van der Waals surface area contributed by atoms with Gasteiger partial charge in [0.05, 0.1) is 20.5 Å². The van der Waals surface area contributed by atoms with Crippen molar-refractivity contribution >= 4 is 11.4 Å². The fourth-order valence-corrected chi connectivity index (χ4v) is 1.61. The molecule has 0 unspecified atom stereocenters. The van der Waals surface area contributed by atoms with Gasteiger partial charge in [0.15, 0.2) is 16.5 Å². The lowest BCUT2D eigenvalue weighted by atomic mass is 9.98. The molecule has 0 aromatic heterocycles. The van der Waals surface area contributed by atoms with Crippen LogP contribution in [0.25, 0.3) is 21.1 Å². The van der Waals surface area contributed by atoms with Crippen molar-refractivity contribution in [2.75, 3.05) is 0 Å². The molecule has 0 bridgehead atoms. The number of diazo groups is 1. The van der Waals surface area contributed by atoms with Crippen LogP contribution in [0, 0.1) is 35.7 Å². The number of nitrogens with zero attached hydrogens (tertiary/aromatic N) is 12. The van der Waals surface area contributed by atoms with E-state index in [-0.39, 0.29) is 0 Å². The Hall–Kier alpha value is -4.65. The highest BCUT2D eigenvalue weighted by Gasteiger charge is 2.51. The molecular weight excluding hydrogens is 336 g/mol. The molecule has 0 fully saturated rings. The van der Waals surface area contributed by atoms with E-state index in [0.29, 0.717) is 0 Å². The molecule has 0 aromatic rings. The molecular formula is C6N12O6. The molecule has 0 aliphatic heterocycles. The second-order valence-electron chi connectivity index (χ2n) is 3.43. The second-order valence-corrected chi connectivity index (χ2v) is 3.43. The van der Waals surface area contributed by atoms with Gasteiger partial charge in [-0.3, -0.25) is 35.6 Å². The zero-order valence-corrected chi connectivity index (χ0v) is 10.8. The predicted molar refractivity (Wildman–Crippen MR) is 69.9 cm³/mol. The lowest BCUT2D eigenvalue weighted by Gasteiger charge is -2.12. The summed E-state index contributed by atoms with van der Waals surface area (Å²) < 4.78 is 0. The first-order valence-electron chi connectivity index (χ1n) is 5.14. The van der Waals surface area contributed by atoms with Gasteiger partial charge in [-0.05, 0) is 5.53 Å². The van der Waals surface area contributed by atoms with Gasteiger partial charge in [-0.1, -0.05) is 5.11 Å². The van der Waals surface area contributed by atoms with Crippen molar-refractivity contribution in [2.45, 2.75) is 0 Å². The summed E-state index contributed by atoms with van der Waals surface area (Å²) in [5.74, 6) is 0. The van der Waals surface area contributed by atoms with E-state index in [1.54, 1.807) is 0 Å². The first kappa shape index (κ1) is 17.4. The minimum absolute atomic E-state index is 1.10. The van der Waals surface area contributed by atoms with E-state index in [2.05, 4.69) is 30.5 Å². The lowest BCUT2D eigenvalue weighted by molar-refractivity contribution is -0.498. The summed E-state index contributed by atoms with van der Waals surface area (Å²) in [5.41, 5.74) is 8.48. The quantitative estimate of drug-likeness (QED) is 0.134. The summed E-state index contributed by atoms with van der Waals surface area (Å²) in [6.07, 6.45) is 0. The topological polar surface area (TPSA) is 266 Å². The number of hydrogen-bond acceptors (Lipinski definition) is 10. The number of rotatable bonds is 5. The van der Waals surface area contributed by atoms with Crippen molar-refractivity contribution < 1.29 is 14.8 Å². The standard InChI is InChI=1S/C6N12O6/c7-13-10-1-2(11-14-8)4(16(19)20)6(18(23)24)5(17(21)22)3(1)12-15-9. The zero-order chi connectivity index (χ0) is 18.4. The van der Waals surface area contributed by atoms with Crippen molar-refractivity contribution in [2.24, 2.45) is 20.5 Å². The van der Waals surface area contributed by atoms with Crippen LogP contribution in [-0.4, -0.2) is 26.2 Å². The van der Waals surface area contributed by atoms with Gasteiger partial charge in [-0.15, -0.1) is 0 Å². The summed E-state index contributed by atoms with van der Waals surface area (Å²) >= 11 is 0. The molecule has 0 saturated carbocycles. The van der Waals surface area contributed by atoms with Crippen LogP contribution in [0.2, 0.25) is 0 Å². The van der Waals surface area contributed by atoms with Gasteiger partial charge in [0.1, 0.15) is 0 Å². The van der Waals surface area contributed by atoms with Crippen LogP contribution in [0.5, 0.6) is 0 Å². The molecule has 0 aromatic carbocycles. The second kappa shape index (κ2) is 6.87. The van der Waals surface area contributed by atoms with Crippen LogP contribution in [0.15, 0.2) is 43.3 Å². The number of hydrogen-bond donors (Lipinski definition) is 0. The summed E-state index contributed by atoms with van der Waals surface area (Å²) in [7, 11) is 0. The Balaban J connectivity index is 4.24. The van der Waals surface area contributed by atoms with Crippen molar-refractivity contribution in [1.82, 2.24) is 0 Å². The van der Waals surface area contributed by atoms with Crippen LogP contribution in [0.4, 0.5) is 0 Å². The van der Waals surface area contributed by atoms with Gasteiger partial charge in [0.25, 0.3) is 5.39 Å². The third kappa shape index (κ3) is 2.85. The molecule has 18 heteroatoms. The number of azide groups is 1. The summed E-state index contributed by atoms with van der Waals surface area (Å²) in [6.45, 7) is 0. The van der Waals surface area contributed by atoms with Gasteiger partial charge in [0, 0.05) is 4.91 Å². The first-order valence-corrected chi connectivity index (χ1v) is 5.14. The fraction of sp³-hybridized carbons (Fsp3) is 0. The normalized spacial score (nSPS) is 17.3. The largest absolute Gasteiger partial charge is 0.423 e. The monoisotopic (exact) mass is 336 g/mol. The van der Waals surface area contributed by atoms with Crippen LogP contribution < -0.4 is 0 Å². The van der Waals surface area contributed by atoms with E-state index in [1.165, 1.54) is 0 Å². The Bertz CT molecular complexity index is 878. The van der Waals surface area contributed by atoms with Crippen molar-refractivity contribution in [3.05, 3.63) is 74.2 Å². The molecule has 0 saturated heterocycles. The minimum Gasteiger partial charge on any atom is -0.362 e. The van der Waals surface area contributed by atoms with E-state index in [1.807, 2.05) is 0 Å². The van der Waals surface area contributed by atoms with Gasteiger partial charge in [0.2, 0.25) is 0 Å². The Morgan fingerprint density at radius 1 is 0.958 bits per heavy atom. The van der Waals surface area contributed by atoms with Gasteiger partial charge < -0.3 is 10.6 Å². The van der Waals surface area contributed by atoms with Crippen LogP contribution in [-0.2, 0) is 0 Å². The molecule has 0 spiro atoms. The zero-order valence-electron chi connectivity index (χ0n) is 10.8. The maximum atomic E-state index is 11.1. The molecule has 18 nitrogen and oxygen atoms in total. The minimum atomic E-state index is -1.70. The SMILES string of the molecule is N#[N+]N=C1C(=NN=[N-])C([N+](=O)[O-])=C([N+](=O)[O-])C([N+](=O)[O-])=C1N=[N+]=[N-]. The van der Waals surface area contributed by atoms with Crippen molar-refractivity contribution in [3.8, 4) is 0 Å². The third-order valence-electron chi connectivity index (χ3n) is 2.33. The van der Waals surface area contributed by atoms with Crippen molar-refractivity contribution in [1.29, 1.82) is 5.39 Å². The lowest BCUT2D eigenvalue weighted by Crippen LogP contribution is -2.33. The van der Waals surface area contributed by atoms with Crippen molar-refractivity contribution in [3.63, 3.8) is 0 Å². The smallest absolute Gasteiger partial charge is 0.362 e. The number of nitro groups is 3. The van der Waals surface area contributed by atoms with Crippen LogP contribution >= 0.6 is 0 Å². The highest BCUT2D eigenvalue weighted by molar-refractivity contribution is 6.54. The summed E-state index contributed by atoms with van der Waals surface area (Å²) in [6, 6.07) is 0. The molecule has 0 heterocycles. The molecule has 120 valence electrons. The van der Waals surface area contributed by atoms with E-state index in [9.17, 15) is 30.3 Å². The average Bonchev–Trinajstić information content (AvgIpc) is 2.49. The van der Waals surface area contributed by atoms with E-state index in [4.69, 9.17) is 16.5 Å². The Kier molecular flexibility index (Phi) is 4.98. The van der Waals surface area contributed by atoms with Gasteiger partial charge in [-0.25, -0.2) is 0 Å². The molecule has 0 N–H and O–H groups in total. The summed E-state index contributed by atoms with van der Waals surface area (Å²) in [5, 5.41) is 54.5.